The van der Waals surface area contributed by atoms with Crippen molar-refractivity contribution in [1.82, 2.24) is 19.9 Å². The van der Waals surface area contributed by atoms with Crippen molar-refractivity contribution in [2.45, 2.75) is 31.5 Å². The molecule has 1 aliphatic heterocycles. The minimum atomic E-state index is -0.315. The van der Waals surface area contributed by atoms with E-state index in [9.17, 15) is 4.39 Å². The molecule has 0 amide bonds. The topological polar surface area (TPSA) is 52.0 Å². The molecule has 0 saturated carbocycles. The second-order valence-corrected chi connectivity index (χ2v) is 5.41. The van der Waals surface area contributed by atoms with E-state index in [1.807, 2.05) is 24.7 Å². The van der Waals surface area contributed by atoms with Gasteiger partial charge in [-0.1, -0.05) is 0 Å². The van der Waals surface area contributed by atoms with Crippen molar-refractivity contribution in [1.29, 1.82) is 0 Å². The van der Waals surface area contributed by atoms with Crippen molar-refractivity contribution in [3.8, 4) is 0 Å². The van der Waals surface area contributed by atoms with Gasteiger partial charge in [0, 0.05) is 44.3 Å². The third-order valence-corrected chi connectivity index (χ3v) is 3.89. The van der Waals surface area contributed by atoms with Gasteiger partial charge in [0.25, 0.3) is 0 Å². The fourth-order valence-corrected chi connectivity index (χ4v) is 2.75. The summed E-state index contributed by atoms with van der Waals surface area (Å²) in [5.74, 6) is 0.596. The Bertz CT molecular complexity index is 615. The Labute approximate surface area is 123 Å². The van der Waals surface area contributed by atoms with Crippen LogP contribution < -0.4 is 5.32 Å². The van der Waals surface area contributed by atoms with Crippen molar-refractivity contribution in [3.63, 3.8) is 0 Å². The molecule has 0 unspecified atom stereocenters. The molecule has 1 fully saturated rings. The average Bonchev–Trinajstić information content (AvgIpc) is 3.07. The van der Waals surface area contributed by atoms with Crippen LogP contribution in [-0.2, 0) is 11.8 Å². The van der Waals surface area contributed by atoms with Crippen LogP contribution >= 0.6 is 0 Å². The first-order valence-electron chi connectivity index (χ1n) is 7.10. The van der Waals surface area contributed by atoms with Gasteiger partial charge in [-0.05, 0) is 25.0 Å². The molecule has 2 aromatic rings. The molecular formula is C15H19FN4O. The van der Waals surface area contributed by atoms with Crippen LogP contribution in [0.3, 0.4) is 0 Å². The SMILES string of the molecule is C[C@H](N[C@H]1CCO[C@@H]1c1nccn1C)c1cncc(F)c1. The molecule has 1 N–H and O–H groups in total. The van der Waals surface area contributed by atoms with Crippen LogP contribution in [0.5, 0.6) is 0 Å². The van der Waals surface area contributed by atoms with E-state index in [1.165, 1.54) is 12.3 Å². The Morgan fingerprint density at radius 2 is 2.33 bits per heavy atom. The third kappa shape index (κ3) is 2.96. The highest BCUT2D eigenvalue weighted by atomic mass is 19.1. The van der Waals surface area contributed by atoms with Crippen molar-refractivity contribution in [2.75, 3.05) is 6.61 Å². The number of nitrogens with one attached hydrogen (secondary N) is 1. The minimum absolute atomic E-state index is 0.00247. The van der Waals surface area contributed by atoms with E-state index < -0.39 is 0 Å². The number of rotatable bonds is 4. The first-order chi connectivity index (χ1) is 10.1. The van der Waals surface area contributed by atoms with Gasteiger partial charge in [0.05, 0.1) is 6.20 Å². The summed E-state index contributed by atoms with van der Waals surface area (Å²) < 4.78 is 21.1. The largest absolute Gasteiger partial charge is 0.369 e. The monoisotopic (exact) mass is 290 g/mol. The maximum Gasteiger partial charge on any atom is 0.141 e. The van der Waals surface area contributed by atoms with E-state index in [-0.39, 0.29) is 24.0 Å². The number of nitrogens with zero attached hydrogens (tertiary/aromatic N) is 3. The number of aryl methyl sites for hydroxylation is 1. The minimum Gasteiger partial charge on any atom is -0.369 e. The number of imidazole rings is 1. The van der Waals surface area contributed by atoms with Gasteiger partial charge in [-0.25, -0.2) is 9.37 Å². The number of hydrogen-bond acceptors (Lipinski definition) is 4. The second-order valence-electron chi connectivity index (χ2n) is 5.41. The quantitative estimate of drug-likeness (QED) is 0.937. The van der Waals surface area contributed by atoms with E-state index in [0.29, 0.717) is 6.61 Å². The number of halogens is 1. The third-order valence-electron chi connectivity index (χ3n) is 3.89. The maximum absolute atomic E-state index is 13.3. The summed E-state index contributed by atoms with van der Waals surface area (Å²) in [4.78, 5) is 8.27. The fraction of sp³-hybridized carbons (Fsp3) is 0.467. The molecule has 3 rings (SSSR count). The highest BCUT2D eigenvalue weighted by Gasteiger charge is 2.33. The van der Waals surface area contributed by atoms with Crippen molar-refractivity contribution in [2.24, 2.45) is 7.05 Å². The van der Waals surface area contributed by atoms with Crippen molar-refractivity contribution < 1.29 is 9.13 Å². The van der Waals surface area contributed by atoms with Gasteiger partial charge in [-0.2, -0.15) is 0 Å². The lowest BCUT2D eigenvalue weighted by Crippen LogP contribution is -2.34. The van der Waals surface area contributed by atoms with Crippen LogP contribution in [0.25, 0.3) is 0 Å². The molecule has 6 heteroatoms. The van der Waals surface area contributed by atoms with E-state index >= 15 is 0 Å². The van der Waals surface area contributed by atoms with Crippen LogP contribution in [-0.4, -0.2) is 27.2 Å². The normalized spacial score (nSPS) is 23.4. The molecule has 3 atom stereocenters. The van der Waals surface area contributed by atoms with Gasteiger partial charge in [0.1, 0.15) is 17.7 Å². The number of aromatic nitrogens is 3. The van der Waals surface area contributed by atoms with E-state index in [4.69, 9.17) is 4.74 Å². The summed E-state index contributed by atoms with van der Waals surface area (Å²) in [5, 5.41) is 3.50. The summed E-state index contributed by atoms with van der Waals surface area (Å²) >= 11 is 0. The summed E-state index contributed by atoms with van der Waals surface area (Å²) in [6.45, 7) is 2.70. The zero-order valence-electron chi connectivity index (χ0n) is 12.2. The molecule has 21 heavy (non-hydrogen) atoms. The number of ether oxygens (including phenoxy) is 1. The highest BCUT2D eigenvalue weighted by molar-refractivity contribution is 5.15. The van der Waals surface area contributed by atoms with Crippen molar-refractivity contribution in [3.05, 3.63) is 48.1 Å². The van der Waals surface area contributed by atoms with Gasteiger partial charge < -0.3 is 14.6 Å². The first-order valence-corrected chi connectivity index (χ1v) is 7.10. The lowest BCUT2D eigenvalue weighted by atomic mass is 10.1. The maximum atomic E-state index is 13.3. The summed E-state index contributed by atoms with van der Waals surface area (Å²) in [6, 6.07) is 1.67. The lowest BCUT2D eigenvalue weighted by Gasteiger charge is -2.24. The fourth-order valence-electron chi connectivity index (χ4n) is 2.75. The van der Waals surface area contributed by atoms with Crippen LogP contribution in [0.15, 0.2) is 30.9 Å². The zero-order chi connectivity index (χ0) is 14.8. The first kappa shape index (κ1) is 14.2. The van der Waals surface area contributed by atoms with Crippen LogP contribution in [0.1, 0.15) is 36.9 Å². The van der Waals surface area contributed by atoms with Gasteiger partial charge in [0.15, 0.2) is 0 Å². The smallest absolute Gasteiger partial charge is 0.141 e. The molecule has 0 bridgehead atoms. The summed E-state index contributed by atoms with van der Waals surface area (Å²) in [6.07, 6.45) is 7.42. The molecule has 0 spiro atoms. The average molecular weight is 290 g/mol. The molecule has 112 valence electrons. The number of pyridine rings is 1. The Hall–Kier alpha value is -1.79. The molecule has 3 heterocycles. The van der Waals surface area contributed by atoms with E-state index in [0.717, 1.165) is 17.8 Å². The van der Waals surface area contributed by atoms with Crippen molar-refractivity contribution >= 4 is 0 Å². The zero-order valence-corrected chi connectivity index (χ0v) is 12.2. The Kier molecular flexibility index (Phi) is 3.98. The molecule has 2 aromatic heterocycles. The van der Waals surface area contributed by atoms with Gasteiger partial charge >= 0.3 is 0 Å². The molecule has 5 nitrogen and oxygen atoms in total. The number of hydrogen-bond donors (Lipinski definition) is 1. The molecule has 0 aliphatic carbocycles. The Morgan fingerprint density at radius 3 is 3.05 bits per heavy atom. The molecule has 0 radical (unpaired) electrons. The summed E-state index contributed by atoms with van der Waals surface area (Å²) in [7, 11) is 1.96. The molecule has 0 aromatic carbocycles. The van der Waals surface area contributed by atoms with Crippen LogP contribution in [0, 0.1) is 5.82 Å². The standard InChI is InChI=1S/C15H19FN4O/c1-10(11-7-12(16)9-17-8-11)19-13-3-6-21-14(13)15-18-4-5-20(15)2/h4-5,7-10,13-14,19H,3,6H2,1-2H3/t10-,13-,14-/m0/s1. The van der Waals surface area contributed by atoms with E-state index in [2.05, 4.69) is 15.3 Å². The van der Waals surface area contributed by atoms with Crippen LogP contribution in [0.2, 0.25) is 0 Å². The predicted octanol–water partition coefficient (Wildman–Crippen LogP) is 2.13. The highest BCUT2D eigenvalue weighted by Crippen LogP contribution is 2.29. The Morgan fingerprint density at radius 1 is 1.48 bits per heavy atom. The van der Waals surface area contributed by atoms with Gasteiger partial charge in [0.2, 0.25) is 0 Å². The molecule has 1 aliphatic rings. The Balaban J connectivity index is 1.73. The van der Waals surface area contributed by atoms with Crippen LogP contribution in [0.4, 0.5) is 4.39 Å². The second kappa shape index (κ2) is 5.91. The molecular weight excluding hydrogens is 271 g/mol. The predicted molar refractivity (Wildman–Crippen MR) is 76.1 cm³/mol. The molecule has 1 saturated heterocycles. The van der Waals surface area contributed by atoms with Gasteiger partial charge in [-0.3, -0.25) is 4.98 Å². The van der Waals surface area contributed by atoms with Gasteiger partial charge in [-0.15, -0.1) is 0 Å². The van der Waals surface area contributed by atoms with E-state index in [1.54, 1.807) is 12.4 Å². The lowest BCUT2D eigenvalue weighted by molar-refractivity contribution is 0.0876. The summed E-state index contributed by atoms with van der Waals surface area (Å²) in [5.41, 5.74) is 0.834.